The highest BCUT2D eigenvalue weighted by atomic mass is 35.5. The molecule has 24 heavy (non-hydrogen) atoms. The van der Waals surface area contributed by atoms with Gasteiger partial charge >= 0.3 is 0 Å². The van der Waals surface area contributed by atoms with Gasteiger partial charge in [-0.05, 0) is 55.1 Å². The monoisotopic (exact) mass is 416 g/mol. The van der Waals surface area contributed by atoms with Crippen LogP contribution in [0.4, 0.5) is 5.69 Å². The lowest BCUT2D eigenvalue weighted by Gasteiger charge is -2.08. The van der Waals surface area contributed by atoms with Gasteiger partial charge in [-0.25, -0.2) is 0 Å². The standard InChI is InChI=1S/C17H12Cl4N2S/c1-8-12-5-10(18)3-4-15(12)24-17(8)9(2)22-23-16-13(20)6-11(19)7-14(16)21/h3-7,23H,1-2H3/b22-9+. The maximum atomic E-state index is 6.16. The smallest absolute Gasteiger partial charge is 0.0935 e. The molecule has 7 heteroatoms. The van der Waals surface area contributed by atoms with E-state index in [-0.39, 0.29) is 0 Å². The number of aryl methyl sites for hydroxylation is 1. The van der Waals surface area contributed by atoms with Crippen molar-refractivity contribution in [1.82, 2.24) is 0 Å². The average molecular weight is 418 g/mol. The molecule has 0 radical (unpaired) electrons. The lowest BCUT2D eigenvalue weighted by Crippen LogP contribution is -2.00. The molecule has 0 saturated carbocycles. The van der Waals surface area contributed by atoms with Crippen molar-refractivity contribution in [1.29, 1.82) is 0 Å². The number of halogens is 4. The molecule has 0 spiro atoms. The summed E-state index contributed by atoms with van der Waals surface area (Å²) < 4.78 is 1.17. The van der Waals surface area contributed by atoms with Crippen LogP contribution in [0.15, 0.2) is 35.4 Å². The fourth-order valence-electron chi connectivity index (χ4n) is 2.38. The fourth-order valence-corrected chi connectivity index (χ4v) is 4.59. The Labute approximate surface area is 164 Å². The van der Waals surface area contributed by atoms with Crippen LogP contribution < -0.4 is 5.43 Å². The topological polar surface area (TPSA) is 24.4 Å². The molecule has 0 bridgehead atoms. The van der Waals surface area contributed by atoms with Gasteiger partial charge in [-0.3, -0.25) is 5.43 Å². The highest BCUT2D eigenvalue weighted by molar-refractivity contribution is 7.21. The minimum Gasteiger partial charge on any atom is -0.275 e. The molecule has 2 aromatic carbocycles. The van der Waals surface area contributed by atoms with Gasteiger partial charge in [-0.2, -0.15) is 5.10 Å². The van der Waals surface area contributed by atoms with E-state index in [2.05, 4.69) is 17.5 Å². The van der Waals surface area contributed by atoms with Crippen LogP contribution in [0.5, 0.6) is 0 Å². The van der Waals surface area contributed by atoms with Crippen LogP contribution >= 0.6 is 57.7 Å². The number of hydrazone groups is 1. The lowest BCUT2D eigenvalue weighted by atomic mass is 10.1. The van der Waals surface area contributed by atoms with Crippen LogP contribution in [0.3, 0.4) is 0 Å². The van der Waals surface area contributed by atoms with Crippen molar-refractivity contribution in [3.63, 3.8) is 0 Å². The van der Waals surface area contributed by atoms with E-state index in [1.165, 1.54) is 4.70 Å². The molecule has 124 valence electrons. The van der Waals surface area contributed by atoms with Crippen LogP contribution in [0.25, 0.3) is 10.1 Å². The number of fused-ring (bicyclic) bond motifs is 1. The van der Waals surface area contributed by atoms with Crippen LogP contribution in [0.2, 0.25) is 20.1 Å². The first-order valence-electron chi connectivity index (χ1n) is 7.00. The Morgan fingerprint density at radius 2 is 1.67 bits per heavy atom. The van der Waals surface area contributed by atoms with Crippen molar-refractivity contribution in [3.8, 4) is 0 Å². The van der Waals surface area contributed by atoms with Crippen LogP contribution in [-0.2, 0) is 0 Å². The summed E-state index contributed by atoms with van der Waals surface area (Å²) in [6.45, 7) is 4.00. The molecule has 3 aromatic rings. The van der Waals surface area contributed by atoms with Crippen molar-refractivity contribution in [3.05, 3.63) is 60.9 Å². The molecule has 3 rings (SSSR count). The Balaban J connectivity index is 1.96. The van der Waals surface area contributed by atoms with Gasteiger partial charge in [0.15, 0.2) is 0 Å². The molecule has 0 fully saturated rings. The predicted octanol–water partition coefficient (Wildman–Crippen LogP) is 7.66. The Kier molecular flexibility index (Phi) is 5.28. The Hall–Kier alpha value is -0.970. The summed E-state index contributed by atoms with van der Waals surface area (Å²) in [5.74, 6) is 0. The summed E-state index contributed by atoms with van der Waals surface area (Å²) in [6.07, 6.45) is 0. The van der Waals surface area contributed by atoms with E-state index in [0.717, 1.165) is 26.6 Å². The first-order valence-corrected chi connectivity index (χ1v) is 9.33. The van der Waals surface area contributed by atoms with Gasteiger partial charge in [0.2, 0.25) is 0 Å². The number of benzene rings is 2. The van der Waals surface area contributed by atoms with Crippen LogP contribution in [0, 0.1) is 6.92 Å². The van der Waals surface area contributed by atoms with Gasteiger partial charge in [0.25, 0.3) is 0 Å². The zero-order valence-electron chi connectivity index (χ0n) is 12.8. The summed E-state index contributed by atoms with van der Waals surface area (Å²) in [4.78, 5) is 1.08. The largest absolute Gasteiger partial charge is 0.275 e. The molecule has 1 N–H and O–H groups in total. The molecule has 0 amide bonds. The third-order valence-electron chi connectivity index (χ3n) is 3.57. The molecule has 0 aliphatic carbocycles. The third-order valence-corrected chi connectivity index (χ3v) is 6.00. The van der Waals surface area contributed by atoms with E-state index in [1.807, 2.05) is 25.1 Å². The van der Waals surface area contributed by atoms with Crippen LogP contribution in [-0.4, -0.2) is 5.71 Å². The molecule has 1 heterocycles. The molecule has 0 unspecified atom stereocenters. The van der Waals surface area contributed by atoms with Crippen molar-refractivity contribution in [2.75, 3.05) is 5.43 Å². The van der Waals surface area contributed by atoms with Crippen molar-refractivity contribution in [2.45, 2.75) is 13.8 Å². The van der Waals surface area contributed by atoms with Crippen molar-refractivity contribution < 1.29 is 0 Å². The highest BCUT2D eigenvalue weighted by Crippen LogP contribution is 2.35. The summed E-state index contributed by atoms with van der Waals surface area (Å²) in [5, 5.41) is 7.61. The predicted molar refractivity (Wildman–Crippen MR) is 109 cm³/mol. The van der Waals surface area contributed by atoms with E-state index in [1.54, 1.807) is 23.5 Å². The highest BCUT2D eigenvalue weighted by Gasteiger charge is 2.12. The van der Waals surface area contributed by atoms with Gasteiger partial charge in [0.05, 0.1) is 26.3 Å². The SMILES string of the molecule is C/C(=N\Nc1c(Cl)cc(Cl)cc1Cl)c1sc2ccc(Cl)cc2c1C. The fraction of sp³-hybridized carbons (Fsp3) is 0.118. The molecular formula is C17H12Cl4N2S. The van der Waals surface area contributed by atoms with Crippen molar-refractivity contribution >= 4 is 79.2 Å². The van der Waals surface area contributed by atoms with E-state index in [4.69, 9.17) is 46.4 Å². The minimum atomic E-state index is 0.420. The molecule has 0 aliphatic heterocycles. The Morgan fingerprint density at radius 3 is 2.33 bits per heavy atom. The average Bonchev–Trinajstić information content (AvgIpc) is 2.83. The second-order valence-electron chi connectivity index (χ2n) is 5.25. The lowest BCUT2D eigenvalue weighted by molar-refractivity contribution is 1.32. The molecular weight excluding hydrogens is 406 g/mol. The van der Waals surface area contributed by atoms with Gasteiger partial charge in [-0.1, -0.05) is 46.4 Å². The van der Waals surface area contributed by atoms with E-state index in [9.17, 15) is 0 Å². The van der Waals surface area contributed by atoms with Crippen LogP contribution in [0.1, 0.15) is 17.4 Å². The molecule has 0 aliphatic rings. The number of anilines is 1. The van der Waals surface area contributed by atoms with Gasteiger partial charge in [0, 0.05) is 14.7 Å². The summed E-state index contributed by atoms with van der Waals surface area (Å²) in [7, 11) is 0. The van der Waals surface area contributed by atoms with Gasteiger partial charge < -0.3 is 0 Å². The molecule has 0 saturated heterocycles. The normalized spacial score (nSPS) is 12.0. The number of nitrogens with one attached hydrogen (secondary N) is 1. The zero-order chi connectivity index (χ0) is 17.4. The quantitative estimate of drug-likeness (QED) is 0.343. The van der Waals surface area contributed by atoms with E-state index >= 15 is 0 Å². The zero-order valence-corrected chi connectivity index (χ0v) is 16.6. The number of rotatable bonds is 3. The number of hydrogen-bond acceptors (Lipinski definition) is 3. The Bertz CT molecular complexity index is 940. The second kappa shape index (κ2) is 7.11. The van der Waals surface area contributed by atoms with E-state index < -0.39 is 0 Å². The Morgan fingerprint density at radius 1 is 1.00 bits per heavy atom. The summed E-state index contributed by atoms with van der Waals surface area (Å²) >= 11 is 26.0. The third kappa shape index (κ3) is 3.51. The molecule has 1 aromatic heterocycles. The first kappa shape index (κ1) is 17.8. The van der Waals surface area contributed by atoms with E-state index in [0.29, 0.717) is 20.8 Å². The summed E-state index contributed by atoms with van der Waals surface area (Å²) in [5.41, 5.74) is 5.45. The number of hydrogen-bond donors (Lipinski definition) is 1. The van der Waals surface area contributed by atoms with Crippen molar-refractivity contribution in [2.24, 2.45) is 5.10 Å². The number of nitrogens with zero attached hydrogens (tertiary/aromatic N) is 1. The first-order chi connectivity index (χ1) is 11.4. The maximum Gasteiger partial charge on any atom is 0.0935 e. The number of thiophene rings is 1. The van der Waals surface area contributed by atoms with Gasteiger partial charge in [0.1, 0.15) is 0 Å². The second-order valence-corrected chi connectivity index (χ2v) is 7.99. The summed E-state index contributed by atoms with van der Waals surface area (Å²) in [6, 6.07) is 9.12. The minimum absolute atomic E-state index is 0.420. The molecule has 0 atom stereocenters. The maximum absolute atomic E-state index is 6.16. The molecule has 2 nitrogen and oxygen atoms in total. The van der Waals surface area contributed by atoms with Gasteiger partial charge in [-0.15, -0.1) is 11.3 Å².